The molecule has 1 aliphatic rings. The molecule has 0 saturated carbocycles. The van der Waals surface area contributed by atoms with Gasteiger partial charge in [0.25, 0.3) is 0 Å². The first-order valence-corrected chi connectivity index (χ1v) is 6.83. The first kappa shape index (κ1) is 12.9. The molecule has 5 heteroatoms. The van der Waals surface area contributed by atoms with Crippen molar-refractivity contribution in [3.8, 4) is 11.3 Å². The van der Waals surface area contributed by atoms with Crippen molar-refractivity contribution < 1.29 is 4.79 Å². The summed E-state index contributed by atoms with van der Waals surface area (Å²) in [5, 5.41) is 0. The van der Waals surface area contributed by atoms with Crippen LogP contribution in [0.25, 0.3) is 11.3 Å². The minimum Gasteiger partial charge on any atom is -0.342 e. The highest BCUT2D eigenvalue weighted by Crippen LogP contribution is 2.30. The smallest absolute Gasteiger partial charge is 0.227 e. The van der Waals surface area contributed by atoms with Gasteiger partial charge in [0.15, 0.2) is 0 Å². The number of carbonyl (C=O) groups excluding carboxylic acids is 1. The second-order valence-corrected chi connectivity index (χ2v) is 5.08. The van der Waals surface area contributed by atoms with E-state index in [1.165, 1.54) is 5.56 Å². The number of rotatable bonds is 3. The number of hydrogen-bond donors (Lipinski definition) is 2. The first-order valence-electron chi connectivity index (χ1n) is 6.83. The molecule has 3 rings (SSSR count). The van der Waals surface area contributed by atoms with E-state index < -0.39 is 0 Å². The van der Waals surface area contributed by atoms with Crippen molar-refractivity contribution in [3.05, 3.63) is 35.8 Å². The molecule has 0 saturated heterocycles. The normalized spacial score (nSPS) is 14.5. The molecule has 3 N–H and O–H groups in total. The Labute approximate surface area is 117 Å². The van der Waals surface area contributed by atoms with Gasteiger partial charge in [-0.3, -0.25) is 4.79 Å². The molecule has 20 heavy (non-hydrogen) atoms. The van der Waals surface area contributed by atoms with Crippen molar-refractivity contribution in [1.29, 1.82) is 0 Å². The molecular formula is C15H18N4O. The summed E-state index contributed by atoms with van der Waals surface area (Å²) >= 11 is 0. The summed E-state index contributed by atoms with van der Waals surface area (Å²) < 4.78 is 0. The molecule has 0 radical (unpaired) electrons. The van der Waals surface area contributed by atoms with Gasteiger partial charge in [0.1, 0.15) is 5.82 Å². The number of fused-ring (bicyclic) bond motifs is 1. The third-order valence-electron chi connectivity index (χ3n) is 3.74. The summed E-state index contributed by atoms with van der Waals surface area (Å²) in [5.41, 5.74) is 9.84. The average Bonchev–Trinajstić information content (AvgIpc) is 2.92. The van der Waals surface area contributed by atoms with Gasteiger partial charge in [0.2, 0.25) is 5.91 Å². The fraction of sp³-hybridized carbons (Fsp3) is 0.333. The zero-order valence-corrected chi connectivity index (χ0v) is 11.5. The largest absolute Gasteiger partial charge is 0.342 e. The van der Waals surface area contributed by atoms with E-state index in [2.05, 4.69) is 16.0 Å². The Balaban J connectivity index is 1.93. The highest BCUT2D eigenvalue weighted by molar-refractivity contribution is 5.96. The zero-order chi connectivity index (χ0) is 14.1. The number of aryl methyl sites for hydroxylation is 1. The van der Waals surface area contributed by atoms with Crippen LogP contribution >= 0.6 is 0 Å². The summed E-state index contributed by atoms with van der Waals surface area (Å²) in [7, 11) is 1.83. The third-order valence-corrected chi connectivity index (χ3v) is 3.74. The lowest BCUT2D eigenvalue weighted by Gasteiger charge is -2.26. The van der Waals surface area contributed by atoms with Gasteiger partial charge >= 0.3 is 0 Å². The van der Waals surface area contributed by atoms with E-state index in [4.69, 9.17) is 5.73 Å². The van der Waals surface area contributed by atoms with E-state index in [0.717, 1.165) is 35.6 Å². The number of aromatic nitrogens is 2. The van der Waals surface area contributed by atoms with E-state index in [1.807, 2.05) is 25.4 Å². The maximum atomic E-state index is 11.7. The second kappa shape index (κ2) is 5.09. The molecule has 1 aromatic carbocycles. The number of aromatic amines is 1. The van der Waals surface area contributed by atoms with Crippen LogP contribution in [-0.4, -0.2) is 29.5 Å². The second-order valence-electron chi connectivity index (χ2n) is 5.08. The number of imidazole rings is 1. The van der Waals surface area contributed by atoms with Crippen LogP contribution < -0.4 is 10.6 Å². The lowest BCUT2D eigenvalue weighted by molar-refractivity contribution is -0.118. The van der Waals surface area contributed by atoms with Gasteiger partial charge in [-0.25, -0.2) is 4.98 Å². The fourth-order valence-corrected chi connectivity index (χ4v) is 2.60. The number of amides is 1. The Morgan fingerprint density at radius 2 is 2.25 bits per heavy atom. The molecule has 1 amide bonds. The summed E-state index contributed by atoms with van der Waals surface area (Å²) in [5.74, 6) is 1.09. The molecule has 0 atom stereocenters. The molecular weight excluding hydrogens is 252 g/mol. The number of nitrogens with one attached hydrogen (secondary N) is 1. The van der Waals surface area contributed by atoms with Crippen molar-refractivity contribution in [2.75, 3.05) is 18.5 Å². The van der Waals surface area contributed by atoms with E-state index in [-0.39, 0.29) is 5.91 Å². The molecule has 0 spiro atoms. The number of anilines is 1. The number of benzene rings is 1. The number of nitrogens with two attached hydrogens (primary N) is 1. The highest BCUT2D eigenvalue weighted by atomic mass is 16.2. The van der Waals surface area contributed by atoms with Crippen LogP contribution in [0.5, 0.6) is 0 Å². The summed E-state index contributed by atoms with van der Waals surface area (Å²) in [6.45, 7) is 0.587. The predicted molar refractivity (Wildman–Crippen MR) is 78.5 cm³/mol. The maximum Gasteiger partial charge on any atom is 0.227 e. The first-order chi connectivity index (χ1) is 9.69. The Morgan fingerprint density at radius 3 is 3.05 bits per heavy atom. The van der Waals surface area contributed by atoms with Crippen LogP contribution in [0.15, 0.2) is 24.4 Å². The molecule has 0 bridgehead atoms. The monoisotopic (exact) mass is 270 g/mol. The van der Waals surface area contributed by atoms with Crippen LogP contribution in [0, 0.1) is 0 Å². The maximum absolute atomic E-state index is 11.7. The minimum absolute atomic E-state index is 0.178. The number of nitrogens with zero attached hydrogens (tertiary/aromatic N) is 2. The topological polar surface area (TPSA) is 75.0 Å². The van der Waals surface area contributed by atoms with Crippen molar-refractivity contribution in [2.24, 2.45) is 5.73 Å². The van der Waals surface area contributed by atoms with Gasteiger partial charge in [0.05, 0.1) is 11.9 Å². The van der Waals surface area contributed by atoms with E-state index in [1.54, 1.807) is 4.90 Å². The zero-order valence-electron chi connectivity index (χ0n) is 11.5. The molecule has 5 nitrogen and oxygen atoms in total. The van der Waals surface area contributed by atoms with Crippen LogP contribution in [-0.2, 0) is 17.6 Å². The fourth-order valence-electron chi connectivity index (χ4n) is 2.60. The van der Waals surface area contributed by atoms with E-state index >= 15 is 0 Å². The number of H-pyrrole nitrogens is 1. The predicted octanol–water partition coefficient (Wildman–Crippen LogP) is 1.49. The van der Waals surface area contributed by atoms with Gasteiger partial charge in [-0.2, -0.15) is 0 Å². The summed E-state index contributed by atoms with van der Waals surface area (Å²) in [4.78, 5) is 21.0. The van der Waals surface area contributed by atoms with Crippen LogP contribution in [0.2, 0.25) is 0 Å². The Bertz CT molecular complexity index is 647. The van der Waals surface area contributed by atoms with Crippen LogP contribution in [0.3, 0.4) is 0 Å². The molecule has 0 unspecified atom stereocenters. The number of hydrogen-bond acceptors (Lipinski definition) is 3. The summed E-state index contributed by atoms with van der Waals surface area (Å²) in [6, 6.07) is 6.16. The van der Waals surface area contributed by atoms with E-state index in [9.17, 15) is 4.79 Å². The molecule has 1 aliphatic heterocycles. The molecule has 2 aromatic rings. The van der Waals surface area contributed by atoms with Crippen molar-refractivity contribution in [2.45, 2.75) is 19.3 Å². The third kappa shape index (κ3) is 2.20. The highest BCUT2D eigenvalue weighted by Gasteiger charge is 2.21. The molecule has 2 heterocycles. The average molecular weight is 270 g/mol. The van der Waals surface area contributed by atoms with Crippen molar-refractivity contribution in [3.63, 3.8) is 0 Å². The minimum atomic E-state index is 0.178. The molecule has 0 fully saturated rings. The SMILES string of the molecule is CN1C(=O)CCc2cc(-c3cnc(CCN)[nH]3)ccc21. The molecule has 104 valence electrons. The lowest BCUT2D eigenvalue weighted by Crippen LogP contribution is -2.30. The molecule has 0 aliphatic carbocycles. The van der Waals surface area contributed by atoms with Crippen LogP contribution in [0.4, 0.5) is 5.69 Å². The van der Waals surface area contributed by atoms with Crippen molar-refractivity contribution in [1.82, 2.24) is 9.97 Å². The Morgan fingerprint density at radius 1 is 1.40 bits per heavy atom. The van der Waals surface area contributed by atoms with Gasteiger partial charge in [-0.15, -0.1) is 0 Å². The molecule has 1 aromatic heterocycles. The Kier molecular flexibility index (Phi) is 3.28. The van der Waals surface area contributed by atoms with Gasteiger partial charge < -0.3 is 15.6 Å². The van der Waals surface area contributed by atoms with Gasteiger partial charge in [0, 0.05) is 25.6 Å². The standard InChI is InChI=1S/C15H18N4O/c1-19-13-4-2-10(8-11(13)3-5-15(19)20)12-9-17-14(18-12)6-7-16/h2,4,8-9H,3,5-7,16H2,1H3,(H,17,18). The van der Waals surface area contributed by atoms with Crippen LogP contribution in [0.1, 0.15) is 17.8 Å². The van der Waals surface area contributed by atoms with Gasteiger partial charge in [-0.05, 0) is 36.2 Å². The quantitative estimate of drug-likeness (QED) is 0.887. The summed E-state index contributed by atoms with van der Waals surface area (Å²) in [6.07, 6.45) is 3.97. The van der Waals surface area contributed by atoms with Crippen molar-refractivity contribution >= 4 is 11.6 Å². The lowest BCUT2D eigenvalue weighted by atomic mass is 9.98. The van der Waals surface area contributed by atoms with Gasteiger partial charge in [-0.1, -0.05) is 6.07 Å². The number of carbonyl (C=O) groups is 1. The van der Waals surface area contributed by atoms with E-state index in [0.29, 0.717) is 13.0 Å². The Hall–Kier alpha value is -2.14.